The summed E-state index contributed by atoms with van der Waals surface area (Å²) in [7, 11) is 0. The highest BCUT2D eigenvalue weighted by Crippen LogP contribution is 2.26. The van der Waals surface area contributed by atoms with E-state index < -0.39 is 23.4 Å². The van der Waals surface area contributed by atoms with Gasteiger partial charge in [-0.3, -0.25) is 15.0 Å². The van der Waals surface area contributed by atoms with Crippen LogP contribution < -0.4 is 5.32 Å². The van der Waals surface area contributed by atoms with Gasteiger partial charge in [-0.05, 0) is 13.8 Å². The number of nitrogens with zero attached hydrogens (tertiary/aromatic N) is 1. The molecule has 0 spiro atoms. The lowest BCUT2D eigenvalue weighted by Gasteiger charge is -2.35. The minimum atomic E-state index is -2.33. The second-order valence-electron chi connectivity index (χ2n) is 3.62. The molecule has 0 bridgehead atoms. The zero-order chi connectivity index (χ0) is 10.4. The predicted molar refractivity (Wildman–Crippen MR) is 42.3 cm³/mol. The van der Waals surface area contributed by atoms with E-state index in [9.17, 15) is 19.8 Å². The molecular weight excluding hydrogens is 176 g/mol. The summed E-state index contributed by atoms with van der Waals surface area (Å²) in [4.78, 5) is 23.0. The molecule has 1 saturated heterocycles. The summed E-state index contributed by atoms with van der Waals surface area (Å²) in [5, 5.41) is 20.4. The molecule has 0 unspecified atom stereocenters. The fourth-order valence-corrected chi connectivity index (χ4v) is 1.38. The van der Waals surface area contributed by atoms with Crippen LogP contribution in [0.3, 0.4) is 0 Å². The van der Waals surface area contributed by atoms with Gasteiger partial charge >= 0.3 is 6.03 Å². The van der Waals surface area contributed by atoms with Crippen molar-refractivity contribution >= 4 is 11.9 Å². The Labute approximate surface area is 75.1 Å². The summed E-state index contributed by atoms with van der Waals surface area (Å²) < 4.78 is 0. The highest BCUT2D eigenvalue weighted by molar-refractivity contribution is 6.06. The molecule has 74 valence electrons. The third-order valence-electron chi connectivity index (χ3n) is 1.96. The molecule has 3 N–H and O–H groups in total. The topological polar surface area (TPSA) is 89.9 Å². The number of nitrogens with one attached hydrogen (secondary N) is 1. The largest absolute Gasteiger partial charge is 0.349 e. The molecule has 6 nitrogen and oxygen atoms in total. The molecule has 6 heteroatoms. The number of carbonyl (C=O) groups excluding carboxylic acids is 2. The molecule has 0 aromatic carbocycles. The molecule has 1 aliphatic rings. The maximum atomic E-state index is 11.2. The quantitative estimate of drug-likeness (QED) is 0.363. The van der Waals surface area contributed by atoms with Crippen LogP contribution in [-0.2, 0) is 4.79 Å². The van der Waals surface area contributed by atoms with E-state index in [1.54, 1.807) is 0 Å². The average molecular weight is 188 g/mol. The van der Waals surface area contributed by atoms with Gasteiger partial charge in [0.25, 0.3) is 5.91 Å². The van der Waals surface area contributed by atoms with Gasteiger partial charge in [0.2, 0.25) is 5.91 Å². The first-order valence-electron chi connectivity index (χ1n) is 3.78. The Morgan fingerprint density at radius 3 is 2.00 bits per heavy atom. The van der Waals surface area contributed by atoms with E-state index in [0.29, 0.717) is 4.90 Å². The Morgan fingerprint density at radius 1 is 1.38 bits per heavy atom. The van der Waals surface area contributed by atoms with Crippen LogP contribution >= 0.6 is 0 Å². The van der Waals surface area contributed by atoms with Crippen LogP contribution in [-0.4, -0.2) is 38.5 Å². The minimum absolute atomic E-state index is 0.549. The molecule has 0 aliphatic carbocycles. The highest BCUT2D eigenvalue weighted by Gasteiger charge is 2.52. The third-order valence-corrected chi connectivity index (χ3v) is 1.96. The van der Waals surface area contributed by atoms with Gasteiger partial charge < -0.3 is 10.2 Å². The van der Waals surface area contributed by atoms with Crippen molar-refractivity contribution in [2.45, 2.75) is 32.2 Å². The van der Waals surface area contributed by atoms with Crippen molar-refractivity contribution in [3.8, 4) is 0 Å². The van der Waals surface area contributed by atoms with E-state index in [4.69, 9.17) is 0 Å². The fourth-order valence-electron chi connectivity index (χ4n) is 1.38. The smallest absolute Gasteiger partial charge is 0.329 e. The standard InChI is InChI=1S/C7H12N2O4/c1-6(2)4(10)8-5(11)9(6)7(3,12)13/h12-13H,1-3H3,(H,8,10,11). The van der Waals surface area contributed by atoms with Crippen molar-refractivity contribution in [2.24, 2.45) is 0 Å². The number of hydrogen-bond donors (Lipinski definition) is 3. The number of urea groups is 1. The van der Waals surface area contributed by atoms with Crippen molar-refractivity contribution in [1.29, 1.82) is 0 Å². The van der Waals surface area contributed by atoms with Crippen molar-refractivity contribution in [3.05, 3.63) is 0 Å². The Kier molecular flexibility index (Phi) is 1.86. The van der Waals surface area contributed by atoms with Gasteiger partial charge in [0, 0.05) is 6.92 Å². The molecule has 13 heavy (non-hydrogen) atoms. The first kappa shape index (κ1) is 9.94. The Bertz CT molecular complexity index is 266. The summed E-state index contributed by atoms with van der Waals surface area (Å²) in [6, 6.07) is -0.803. The maximum absolute atomic E-state index is 11.2. The number of imide groups is 1. The molecule has 0 saturated carbocycles. The number of hydrogen-bond acceptors (Lipinski definition) is 4. The van der Waals surface area contributed by atoms with Gasteiger partial charge in [0.05, 0.1) is 0 Å². The lowest BCUT2D eigenvalue weighted by molar-refractivity contribution is -0.245. The number of rotatable bonds is 1. The minimum Gasteiger partial charge on any atom is -0.349 e. The molecule has 3 amide bonds. The fraction of sp³-hybridized carbons (Fsp3) is 0.714. The van der Waals surface area contributed by atoms with Crippen molar-refractivity contribution in [3.63, 3.8) is 0 Å². The van der Waals surface area contributed by atoms with Gasteiger partial charge in [0.15, 0.2) is 0 Å². The summed E-state index contributed by atoms with van der Waals surface area (Å²) in [6.07, 6.45) is 0. The van der Waals surface area contributed by atoms with Crippen molar-refractivity contribution in [2.75, 3.05) is 0 Å². The van der Waals surface area contributed by atoms with Crippen LogP contribution in [0.5, 0.6) is 0 Å². The number of carbonyl (C=O) groups is 2. The van der Waals surface area contributed by atoms with Crippen LogP contribution in [0, 0.1) is 0 Å². The lowest BCUT2D eigenvalue weighted by atomic mass is 10.0. The molecule has 0 atom stereocenters. The molecule has 1 fully saturated rings. The Morgan fingerprint density at radius 2 is 1.85 bits per heavy atom. The predicted octanol–water partition coefficient (Wildman–Crippen LogP) is -1.02. The highest BCUT2D eigenvalue weighted by atomic mass is 16.5. The van der Waals surface area contributed by atoms with Gasteiger partial charge in [0.1, 0.15) is 5.54 Å². The zero-order valence-corrected chi connectivity index (χ0v) is 7.66. The number of aliphatic hydroxyl groups is 2. The summed E-state index contributed by atoms with van der Waals surface area (Å²) >= 11 is 0. The first-order valence-corrected chi connectivity index (χ1v) is 3.78. The van der Waals surface area contributed by atoms with Gasteiger partial charge in [-0.25, -0.2) is 4.79 Å². The normalized spacial score (nSPS) is 22.1. The van der Waals surface area contributed by atoms with Gasteiger partial charge in [-0.2, -0.15) is 0 Å². The van der Waals surface area contributed by atoms with Crippen LogP contribution in [0.4, 0.5) is 4.79 Å². The molecule has 1 rings (SSSR count). The SMILES string of the molecule is CC(O)(O)N1C(=O)NC(=O)C1(C)C. The van der Waals surface area contributed by atoms with E-state index >= 15 is 0 Å². The van der Waals surface area contributed by atoms with Crippen molar-refractivity contribution < 1.29 is 19.8 Å². The van der Waals surface area contributed by atoms with Crippen LogP contribution in [0.2, 0.25) is 0 Å². The molecule has 0 aromatic rings. The molecule has 0 aromatic heterocycles. The van der Waals surface area contributed by atoms with Crippen LogP contribution in [0.25, 0.3) is 0 Å². The summed E-state index contributed by atoms with van der Waals surface area (Å²) in [6.45, 7) is 3.88. The Hall–Kier alpha value is -1.14. The van der Waals surface area contributed by atoms with E-state index in [1.165, 1.54) is 13.8 Å². The van der Waals surface area contributed by atoms with E-state index in [0.717, 1.165) is 6.92 Å². The third kappa shape index (κ3) is 1.38. The first-order chi connectivity index (χ1) is 5.67. The van der Waals surface area contributed by atoms with E-state index in [-0.39, 0.29) is 0 Å². The molecule has 0 radical (unpaired) electrons. The monoisotopic (exact) mass is 188 g/mol. The molecule has 1 aliphatic heterocycles. The van der Waals surface area contributed by atoms with Gasteiger partial charge in [-0.1, -0.05) is 0 Å². The van der Waals surface area contributed by atoms with Gasteiger partial charge in [-0.15, -0.1) is 0 Å². The lowest BCUT2D eigenvalue weighted by Crippen LogP contribution is -2.56. The summed E-state index contributed by atoms with van der Waals surface area (Å²) in [5.74, 6) is -2.88. The summed E-state index contributed by atoms with van der Waals surface area (Å²) in [5.41, 5.74) is -1.24. The van der Waals surface area contributed by atoms with E-state index in [2.05, 4.69) is 0 Å². The average Bonchev–Trinajstić information content (AvgIpc) is 1.99. The maximum Gasteiger partial charge on any atom is 0.329 e. The second-order valence-corrected chi connectivity index (χ2v) is 3.62. The van der Waals surface area contributed by atoms with Crippen molar-refractivity contribution in [1.82, 2.24) is 10.2 Å². The van der Waals surface area contributed by atoms with Crippen LogP contribution in [0.15, 0.2) is 0 Å². The van der Waals surface area contributed by atoms with E-state index in [1.807, 2.05) is 5.32 Å². The second kappa shape index (κ2) is 2.43. The number of amides is 3. The Balaban J connectivity index is 3.10. The zero-order valence-electron chi connectivity index (χ0n) is 7.66. The van der Waals surface area contributed by atoms with Crippen LogP contribution in [0.1, 0.15) is 20.8 Å². The molecule has 1 heterocycles. The molecular formula is C7H12N2O4.